The Balaban J connectivity index is 2.05. The molecule has 0 aliphatic heterocycles. The van der Waals surface area contributed by atoms with Gasteiger partial charge >= 0.3 is 0 Å². The van der Waals surface area contributed by atoms with Crippen LogP contribution >= 0.6 is 15.9 Å². The molecule has 20 heavy (non-hydrogen) atoms. The van der Waals surface area contributed by atoms with Crippen molar-refractivity contribution >= 4 is 21.8 Å². The molecule has 0 fully saturated rings. The zero-order valence-corrected chi connectivity index (χ0v) is 12.6. The Morgan fingerprint density at radius 1 is 1.55 bits per heavy atom. The first-order valence-electron chi connectivity index (χ1n) is 5.87. The van der Waals surface area contributed by atoms with Crippen LogP contribution < -0.4 is 10.1 Å². The van der Waals surface area contributed by atoms with Crippen LogP contribution in [0.25, 0.3) is 0 Å². The lowest BCUT2D eigenvalue weighted by Gasteiger charge is -2.07. The number of H-pyrrole nitrogens is 1. The molecule has 0 unspecified atom stereocenters. The highest BCUT2D eigenvalue weighted by molar-refractivity contribution is 9.10. The topological polar surface area (TPSA) is 87.2 Å². The van der Waals surface area contributed by atoms with Gasteiger partial charge in [-0.15, -0.1) is 0 Å². The normalized spacial score (nSPS) is 10.3. The summed E-state index contributed by atoms with van der Waals surface area (Å²) < 4.78 is 5.66. The van der Waals surface area contributed by atoms with Gasteiger partial charge in [0.05, 0.1) is 11.6 Å². The fourth-order valence-corrected chi connectivity index (χ4v) is 2.02. The number of carbonyl (C=O) groups is 1. The highest BCUT2D eigenvalue weighted by Gasteiger charge is 2.15. The summed E-state index contributed by atoms with van der Waals surface area (Å²) in [4.78, 5) is 12.0. The maximum Gasteiger partial charge on any atom is 0.273 e. The van der Waals surface area contributed by atoms with Crippen molar-refractivity contribution in [2.24, 2.45) is 0 Å². The van der Waals surface area contributed by atoms with Crippen molar-refractivity contribution in [2.75, 3.05) is 7.11 Å². The van der Waals surface area contributed by atoms with Gasteiger partial charge in [0.25, 0.3) is 5.91 Å². The van der Waals surface area contributed by atoms with Crippen molar-refractivity contribution in [3.8, 4) is 11.5 Å². The molecule has 3 N–H and O–H groups in total. The molecule has 0 spiro atoms. The lowest BCUT2D eigenvalue weighted by molar-refractivity contribution is 0.0945. The number of methoxy groups -OCH3 is 1. The molecule has 0 bridgehead atoms. The first kappa shape index (κ1) is 14.4. The van der Waals surface area contributed by atoms with Gasteiger partial charge in [-0.25, -0.2) is 0 Å². The summed E-state index contributed by atoms with van der Waals surface area (Å²) in [6, 6.07) is 4.90. The fourth-order valence-electron chi connectivity index (χ4n) is 1.66. The number of hydrogen-bond donors (Lipinski definition) is 3. The number of amides is 1. The monoisotopic (exact) mass is 339 g/mol. The van der Waals surface area contributed by atoms with E-state index in [4.69, 9.17) is 4.74 Å². The molecule has 106 valence electrons. The minimum Gasteiger partial charge on any atom is -0.504 e. The molecule has 2 rings (SSSR count). The SMILES string of the molecule is COc1cc(CNC(=O)c2n[nH]c(C)c2Br)ccc1O. The van der Waals surface area contributed by atoms with Crippen LogP contribution in [0.5, 0.6) is 11.5 Å². The van der Waals surface area contributed by atoms with E-state index in [0.717, 1.165) is 11.3 Å². The number of ether oxygens (including phenoxy) is 1. The van der Waals surface area contributed by atoms with Crippen LogP contribution in [0.1, 0.15) is 21.7 Å². The van der Waals surface area contributed by atoms with Gasteiger partial charge in [0.2, 0.25) is 0 Å². The number of aromatic nitrogens is 2. The number of aromatic amines is 1. The zero-order valence-electron chi connectivity index (χ0n) is 11.0. The number of rotatable bonds is 4. The summed E-state index contributed by atoms with van der Waals surface area (Å²) in [5.74, 6) is 0.148. The van der Waals surface area contributed by atoms with E-state index in [9.17, 15) is 9.90 Å². The van der Waals surface area contributed by atoms with Crippen LogP contribution in [0.2, 0.25) is 0 Å². The molecule has 0 saturated heterocycles. The maximum absolute atomic E-state index is 12.0. The summed E-state index contributed by atoms with van der Waals surface area (Å²) in [7, 11) is 1.47. The Kier molecular flexibility index (Phi) is 4.29. The van der Waals surface area contributed by atoms with Gasteiger partial charge in [0.1, 0.15) is 0 Å². The van der Waals surface area contributed by atoms with E-state index in [2.05, 4.69) is 31.4 Å². The summed E-state index contributed by atoms with van der Waals surface area (Å²) in [6.45, 7) is 2.13. The zero-order chi connectivity index (χ0) is 14.7. The second-order valence-electron chi connectivity index (χ2n) is 4.20. The number of phenolic OH excluding ortho intramolecular Hbond substituents is 1. The number of aromatic hydroxyl groups is 1. The van der Waals surface area contributed by atoms with E-state index < -0.39 is 0 Å². The van der Waals surface area contributed by atoms with E-state index in [1.807, 2.05) is 6.92 Å². The predicted octanol–water partition coefficient (Wildman–Crippen LogP) is 2.12. The average Bonchev–Trinajstić information content (AvgIpc) is 2.78. The quantitative estimate of drug-likeness (QED) is 0.796. The minimum absolute atomic E-state index is 0.0632. The lowest BCUT2D eigenvalue weighted by atomic mass is 10.2. The number of carbonyl (C=O) groups excluding carboxylic acids is 1. The predicted molar refractivity (Wildman–Crippen MR) is 76.9 cm³/mol. The molecule has 1 heterocycles. The highest BCUT2D eigenvalue weighted by atomic mass is 79.9. The first-order chi connectivity index (χ1) is 9.52. The Morgan fingerprint density at radius 2 is 2.30 bits per heavy atom. The van der Waals surface area contributed by atoms with Crippen LogP contribution in [-0.4, -0.2) is 28.3 Å². The minimum atomic E-state index is -0.284. The van der Waals surface area contributed by atoms with Crippen molar-refractivity contribution in [1.82, 2.24) is 15.5 Å². The molecule has 2 aromatic rings. The van der Waals surface area contributed by atoms with Crippen LogP contribution in [0, 0.1) is 6.92 Å². The van der Waals surface area contributed by atoms with Crippen LogP contribution in [-0.2, 0) is 6.54 Å². The van der Waals surface area contributed by atoms with Gasteiger partial charge in [-0.05, 0) is 40.5 Å². The molecule has 0 saturated carbocycles. The highest BCUT2D eigenvalue weighted by Crippen LogP contribution is 2.26. The molecule has 1 amide bonds. The second kappa shape index (κ2) is 5.96. The Hall–Kier alpha value is -2.02. The number of nitrogens with zero attached hydrogens (tertiary/aromatic N) is 1. The fraction of sp³-hybridized carbons (Fsp3) is 0.231. The van der Waals surface area contributed by atoms with Gasteiger partial charge in [-0.1, -0.05) is 6.07 Å². The molecule has 0 radical (unpaired) electrons. The van der Waals surface area contributed by atoms with E-state index in [1.165, 1.54) is 13.2 Å². The first-order valence-corrected chi connectivity index (χ1v) is 6.66. The molecule has 0 atom stereocenters. The van der Waals surface area contributed by atoms with Crippen molar-refractivity contribution in [2.45, 2.75) is 13.5 Å². The Labute approximate surface area is 124 Å². The smallest absolute Gasteiger partial charge is 0.273 e. The Bertz CT molecular complexity index is 640. The average molecular weight is 340 g/mol. The number of aryl methyl sites for hydroxylation is 1. The van der Waals surface area contributed by atoms with Gasteiger partial charge in [-0.3, -0.25) is 9.89 Å². The molecule has 7 heteroatoms. The maximum atomic E-state index is 12.0. The summed E-state index contributed by atoms with van der Waals surface area (Å²) in [5.41, 5.74) is 1.92. The van der Waals surface area contributed by atoms with E-state index in [0.29, 0.717) is 22.5 Å². The largest absolute Gasteiger partial charge is 0.504 e. The lowest BCUT2D eigenvalue weighted by Crippen LogP contribution is -2.23. The van der Waals surface area contributed by atoms with Gasteiger partial charge in [0, 0.05) is 12.2 Å². The van der Waals surface area contributed by atoms with E-state index in [-0.39, 0.29) is 11.7 Å². The van der Waals surface area contributed by atoms with Gasteiger partial charge in [0.15, 0.2) is 17.2 Å². The number of nitrogens with one attached hydrogen (secondary N) is 2. The van der Waals surface area contributed by atoms with Crippen molar-refractivity contribution in [1.29, 1.82) is 0 Å². The van der Waals surface area contributed by atoms with E-state index >= 15 is 0 Å². The van der Waals surface area contributed by atoms with Crippen molar-refractivity contribution < 1.29 is 14.6 Å². The number of hydrogen-bond acceptors (Lipinski definition) is 4. The summed E-state index contributed by atoms with van der Waals surface area (Å²) in [5, 5.41) is 18.9. The molecule has 0 aliphatic rings. The molecule has 6 nitrogen and oxygen atoms in total. The molecular weight excluding hydrogens is 326 g/mol. The van der Waals surface area contributed by atoms with E-state index in [1.54, 1.807) is 12.1 Å². The molecule has 0 aliphatic carbocycles. The third-order valence-corrected chi connectivity index (χ3v) is 3.76. The van der Waals surface area contributed by atoms with Gasteiger partial charge in [-0.2, -0.15) is 5.10 Å². The standard InChI is InChI=1S/C13H14BrN3O3/c1-7-11(14)12(17-16-7)13(19)15-6-8-3-4-9(18)10(5-8)20-2/h3-5,18H,6H2,1-2H3,(H,15,19)(H,16,17). The van der Waals surface area contributed by atoms with Crippen molar-refractivity contribution in [3.05, 3.63) is 39.6 Å². The Morgan fingerprint density at radius 3 is 2.90 bits per heavy atom. The number of halogens is 1. The number of phenols is 1. The van der Waals surface area contributed by atoms with Crippen LogP contribution in [0.3, 0.4) is 0 Å². The number of benzene rings is 1. The third-order valence-electron chi connectivity index (χ3n) is 2.78. The summed E-state index contributed by atoms with van der Waals surface area (Å²) >= 11 is 3.30. The van der Waals surface area contributed by atoms with Crippen LogP contribution in [0.4, 0.5) is 0 Å². The van der Waals surface area contributed by atoms with Gasteiger partial charge < -0.3 is 15.2 Å². The van der Waals surface area contributed by atoms with Crippen molar-refractivity contribution in [3.63, 3.8) is 0 Å². The van der Waals surface area contributed by atoms with Crippen LogP contribution in [0.15, 0.2) is 22.7 Å². The summed E-state index contributed by atoms with van der Waals surface area (Å²) in [6.07, 6.45) is 0. The molecule has 1 aromatic heterocycles. The third kappa shape index (κ3) is 2.93. The molecule has 1 aromatic carbocycles. The molecular formula is C13H14BrN3O3. The second-order valence-corrected chi connectivity index (χ2v) is 4.99.